The third kappa shape index (κ3) is 4.61. The van der Waals surface area contributed by atoms with Crippen LogP contribution in [0, 0.1) is 5.82 Å². The van der Waals surface area contributed by atoms with Crippen molar-refractivity contribution in [3.8, 4) is 0 Å². The summed E-state index contributed by atoms with van der Waals surface area (Å²) in [5, 5.41) is 0. The molecule has 0 bridgehead atoms. The zero-order chi connectivity index (χ0) is 12.0. The summed E-state index contributed by atoms with van der Waals surface area (Å²) in [6, 6.07) is 6.31. The third-order valence-electron chi connectivity index (χ3n) is 1.81. The van der Waals surface area contributed by atoms with Crippen LogP contribution in [0.3, 0.4) is 0 Å². The van der Waals surface area contributed by atoms with Gasteiger partial charge >= 0.3 is 0 Å². The molecule has 1 rings (SSSR count). The van der Waals surface area contributed by atoms with Crippen LogP contribution in [0.4, 0.5) is 4.39 Å². The monoisotopic (exact) mass is 353 g/mol. The van der Waals surface area contributed by atoms with E-state index >= 15 is 0 Å². The number of rotatable bonds is 5. The normalized spacial score (nSPS) is 13.6. The smallest absolute Gasteiger partial charge is 0.123 e. The van der Waals surface area contributed by atoms with Crippen LogP contribution in [0.1, 0.15) is 18.9 Å². The number of hydrogen-bond donors (Lipinski definition) is 1. The van der Waals surface area contributed by atoms with Crippen LogP contribution in [-0.4, -0.2) is 9.96 Å². The van der Waals surface area contributed by atoms with Gasteiger partial charge in [0.05, 0.1) is 0 Å². The zero-order valence-electron chi connectivity index (χ0n) is 8.87. The first kappa shape index (κ1) is 13.6. The molecule has 0 radical (unpaired) electrons. The van der Waals surface area contributed by atoms with Crippen LogP contribution in [-0.2, 0) is 11.0 Å². The summed E-state index contributed by atoms with van der Waals surface area (Å²) in [6.07, 6.45) is 2.52. The van der Waals surface area contributed by atoms with E-state index in [1.807, 2.05) is 13.0 Å². The summed E-state index contributed by atoms with van der Waals surface area (Å²) in [6.45, 7) is 1.97. The molecule has 1 aromatic carbocycles. The van der Waals surface area contributed by atoms with Crippen LogP contribution in [0.25, 0.3) is 3.58 Å². The Bertz CT molecular complexity index is 409. The fourth-order valence-electron chi connectivity index (χ4n) is 1.08. The molecule has 0 saturated heterocycles. The Morgan fingerprint density at radius 1 is 1.62 bits per heavy atom. The lowest BCUT2D eigenvalue weighted by atomic mass is 10.2. The lowest BCUT2D eigenvalue weighted by Gasteiger charge is -2.02. The summed E-state index contributed by atoms with van der Waals surface area (Å²) in [5.41, 5.74) is 0.779. The van der Waals surface area contributed by atoms with Crippen molar-refractivity contribution < 1.29 is 8.60 Å². The highest BCUT2D eigenvalue weighted by molar-refractivity contribution is 14.1. The molecule has 16 heavy (non-hydrogen) atoms. The second kappa shape index (κ2) is 7.01. The second-order valence-electron chi connectivity index (χ2n) is 3.17. The first-order chi connectivity index (χ1) is 7.63. The van der Waals surface area contributed by atoms with Gasteiger partial charge < -0.3 is 4.72 Å². The van der Waals surface area contributed by atoms with E-state index in [0.717, 1.165) is 15.6 Å². The van der Waals surface area contributed by atoms with Gasteiger partial charge in [0.15, 0.2) is 0 Å². The van der Waals surface area contributed by atoms with Crippen molar-refractivity contribution >= 4 is 37.2 Å². The zero-order valence-corrected chi connectivity index (χ0v) is 11.8. The van der Waals surface area contributed by atoms with Gasteiger partial charge in [0.1, 0.15) is 16.8 Å². The quantitative estimate of drug-likeness (QED) is 0.810. The third-order valence-corrected chi connectivity index (χ3v) is 3.90. The fraction of sp³-hybridized carbons (Fsp3) is 0.273. The molecular formula is C11H13FINOS. The van der Waals surface area contributed by atoms with E-state index in [0.29, 0.717) is 5.75 Å². The van der Waals surface area contributed by atoms with Crippen LogP contribution in [0.2, 0.25) is 0 Å². The molecular weight excluding hydrogens is 340 g/mol. The number of benzene rings is 1. The molecule has 0 aromatic heterocycles. The first-order valence-corrected chi connectivity index (χ1v) is 7.29. The molecule has 88 valence electrons. The Kier molecular flexibility index (Phi) is 5.97. The summed E-state index contributed by atoms with van der Waals surface area (Å²) < 4.78 is 27.9. The average Bonchev–Trinajstić information content (AvgIpc) is 2.26. The van der Waals surface area contributed by atoms with E-state index in [1.165, 1.54) is 12.1 Å². The van der Waals surface area contributed by atoms with Gasteiger partial charge in [0.25, 0.3) is 0 Å². The number of nitrogens with one attached hydrogen (secondary N) is 1. The van der Waals surface area contributed by atoms with Gasteiger partial charge in [-0.05, 0) is 46.7 Å². The highest BCUT2D eigenvalue weighted by atomic mass is 127. The summed E-state index contributed by atoms with van der Waals surface area (Å²) in [4.78, 5) is 0. The highest BCUT2D eigenvalue weighted by Gasteiger charge is 2.00. The Hall–Kier alpha value is -0.430. The maximum atomic E-state index is 12.9. The Morgan fingerprint density at radius 3 is 3.00 bits per heavy atom. The van der Waals surface area contributed by atoms with Gasteiger partial charge in [0, 0.05) is 15.5 Å². The molecule has 0 aliphatic carbocycles. The van der Waals surface area contributed by atoms with E-state index in [2.05, 4.69) is 27.3 Å². The number of halogens is 2. The minimum absolute atomic E-state index is 0.269. The standard InChI is InChI=1S/C11H13FINOS/c1-2-6-16(15)14-8-11(13)9-4-3-5-10(12)7-9/h3-5,7-8,14H,2,6H2,1H3/b11-8+/t16-/m1/s1. The van der Waals surface area contributed by atoms with Crippen molar-refractivity contribution in [3.05, 3.63) is 41.8 Å². The highest BCUT2D eigenvalue weighted by Crippen LogP contribution is 2.21. The SMILES string of the molecule is CCC[S@@](=O)N/C=C(/I)c1cccc(F)c1. The molecule has 0 heterocycles. The van der Waals surface area contributed by atoms with Crippen molar-refractivity contribution in [2.75, 3.05) is 5.75 Å². The van der Waals surface area contributed by atoms with Crippen LogP contribution in [0.5, 0.6) is 0 Å². The molecule has 0 saturated carbocycles. The molecule has 1 atom stereocenters. The van der Waals surface area contributed by atoms with Crippen LogP contribution in [0.15, 0.2) is 30.5 Å². The molecule has 0 unspecified atom stereocenters. The Balaban J connectivity index is 2.67. The Labute approximate surface area is 111 Å². The average molecular weight is 353 g/mol. The minimum Gasteiger partial charge on any atom is -0.311 e. The lowest BCUT2D eigenvalue weighted by Crippen LogP contribution is -2.12. The predicted octanol–water partition coefficient (Wildman–Crippen LogP) is 3.22. The van der Waals surface area contributed by atoms with E-state index in [4.69, 9.17) is 0 Å². The molecule has 5 heteroatoms. The fourth-order valence-corrected chi connectivity index (χ4v) is 2.52. The van der Waals surface area contributed by atoms with Crippen molar-refractivity contribution in [1.82, 2.24) is 4.72 Å². The maximum Gasteiger partial charge on any atom is 0.123 e. The van der Waals surface area contributed by atoms with Crippen molar-refractivity contribution in [3.63, 3.8) is 0 Å². The van der Waals surface area contributed by atoms with E-state index in [-0.39, 0.29) is 5.82 Å². The maximum absolute atomic E-state index is 12.9. The van der Waals surface area contributed by atoms with Crippen LogP contribution >= 0.6 is 22.6 Å². The topological polar surface area (TPSA) is 29.1 Å². The van der Waals surface area contributed by atoms with Gasteiger partial charge in [-0.1, -0.05) is 19.1 Å². The van der Waals surface area contributed by atoms with Gasteiger partial charge in [-0.2, -0.15) is 0 Å². The largest absolute Gasteiger partial charge is 0.311 e. The molecule has 1 aromatic rings. The van der Waals surface area contributed by atoms with E-state index < -0.39 is 11.0 Å². The summed E-state index contributed by atoms with van der Waals surface area (Å²) >= 11 is 2.08. The van der Waals surface area contributed by atoms with Crippen molar-refractivity contribution in [2.24, 2.45) is 0 Å². The van der Waals surface area contributed by atoms with Gasteiger partial charge in [-0.15, -0.1) is 0 Å². The molecule has 2 nitrogen and oxygen atoms in total. The second-order valence-corrected chi connectivity index (χ2v) is 5.67. The van der Waals surface area contributed by atoms with Crippen molar-refractivity contribution in [2.45, 2.75) is 13.3 Å². The van der Waals surface area contributed by atoms with Gasteiger partial charge in [-0.3, -0.25) is 0 Å². The van der Waals surface area contributed by atoms with E-state index in [9.17, 15) is 8.60 Å². The van der Waals surface area contributed by atoms with Crippen molar-refractivity contribution in [1.29, 1.82) is 0 Å². The molecule has 0 fully saturated rings. The van der Waals surface area contributed by atoms with Crippen LogP contribution < -0.4 is 4.72 Å². The minimum atomic E-state index is -1.04. The first-order valence-electron chi connectivity index (χ1n) is 4.89. The lowest BCUT2D eigenvalue weighted by molar-refractivity contribution is 0.627. The Morgan fingerprint density at radius 2 is 2.38 bits per heavy atom. The molecule has 0 amide bonds. The van der Waals surface area contributed by atoms with Gasteiger partial charge in [-0.25, -0.2) is 8.60 Å². The number of hydrogen-bond acceptors (Lipinski definition) is 1. The molecule has 1 N–H and O–H groups in total. The van der Waals surface area contributed by atoms with Gasteiger partial charge in [0.2, 0.25) is 0 Å². The predicted molar refractivity (Wildman–Crippen MR) is 74.8 cm³/mol. The van der Waals surface area contributed by atoms with E-state index in [1.54, 1.807) is 12.3 Å². The summed E-state index contributed by atoms with van der Waals surface area (Å²) in [7, 11) is -1.04. The summed E-state index contributed by atoms with van der Waals surface area (Å²) in [5.74, 6) is 0.346. The molecule has 0 spiro atoms. The molecule has 0 aliphatic heterocycles. The molecule has 0 aliphatic rings.